The van der Waals surface area contributed by atoms with Crippen molar-refractivity contribution >= 4 is 5.97 Å². The Kier molecular flexibility index (Phi) is 3.48. The van der Waals surface area contributed by atoms with Crippen LogP contribution < -0.4 is 0 Å². The van der Waals surface area contributed by atoms with Gasteiger partial charge >= 0.3 is 5.97 Å². The van der Waals surface area contributed by atoms with Gasteiger partial charge in [0.2, 0.25) is 0 Å². The molecule has 1 rings (SSSR count). The summed E-state index contributed by atoms with van der Waals surface area (Å²) in [5, 5.41) is 8.74. The molecule has 1 aliphatic rings. The van der Waals surface area contributed by atoms with E-state index in [4.69, 9.17) is 5.11 Å². The van der Waals surface area contributed by atoms with Crippen LogP contribution in [0, 0.1) is 5.92 Å². The second-order valence-electron chi connectivity index (χ2n) is 3.54. The number of aliphatic carboxylic acids is 1. The van der Waals surface area contributed by atoms with Crippen LogP contribution in [0.25, 0.3) is 0 Å². The van der Waals surface area contributed by atoms with Crippen molar-refractivity contribution in [2.45, 2.75) is 19.8 Å². The number of hydrogen-bond acceptors (Lipinski definition) is 2. The second kappa shape index (κ2) is 4.42. The summed E-state index contributed by atoms with van der Waals surface area (Å²) in [6.07, 6.45) is 1.89. The predicted molar refractivity (Wildman–Crippen MR) is 51.6 cm³/mol. The molecule has 0 saturated carbocycles. The van der Waals surface area contributed by atoms with E-state index >= 15 is 0 Å². The van der Waals surface area contributed by atoms with Crippen molar-refractivity contribution in [1.29, 1.82) is 0 Å². The lowest BCUT2D eigenvalue weighted by atomic mass is 9.90. The van der Waals surface area contributed by atoms with E-state index in [2.05, 4.69) is 18.4 Å². The maximum atomic E-state index is 10.6. The molecule has 1 fully saturated rings. The van der Waals surface area contributed by atoms with Crippen molar-refractivity contribution in [3.05, 3.63) is 12.2 Å². The molecule has 0 unspecified atom stereocenters. The van der Waals surface area contributed by atoms with Crippen molar-refractivity contribution < 1.29 is 9.90 Å². The average molecular weight is 183 g/mol. The zero-order chi connectivity index (χ0) is 9.84. The van der Waals surface area contributed by atoms with Crippen molar-refractivity contribution in [3.63, 3.8) is 0 Å². The third-order valence-electron chi connectivity index (χ3n) is 2.80. The van der Waals surface area contributed by atoms with Gasteiger partial charge < -0.3 is 10.0 Å². The molecule has 0 bridgehead atoms. The van der Waals surface area contributed by atoms with Gasteiger partial charge in [0.25, 0.3) is 0 Å². The SMILES string of the molecule is C=C(C(=O)O)C1CCN(CC)CC1. The van der Waals surface area contributed by atoms with Crippen LogP contribution in [0.5, 0.6) is 0 Å². The molecular formula is C10H17NO2. The first kappa shape index (κ1) is 10.3. The molecule has 1 N–H and O–H groups in total. The third kappa shape index (κ3) is 2.56. The van der Waals surface area contributed by atoms with Crippen molar-refractivity contribution in [2.75, 3.05) is 19.6 Å². The molecule has 1 heterocycles. The lowest BCUT2D eigenvalue weighted by Crippen LogP contribution is -2.34. The molecule has 0 amide bonds. The highest BCUT2D eigenvalue weighted by Gasteiger charge is 2.23. The number of likely N-dealkylation sites (tertiary alicyclic amines) is 1. The van der Waals surface area contributed by atoms with E-state index in [9.17, 15) is 4.79 Å². The summed E-state index contributed by atoms with van der Waals surface area (Å²) < 4.78 is 0. The zero-order valence-electron chi connectivity index (χ0n) is 8.12. The molecule has 0 aromatic carbocycles. The molecule has 13 heavy (non-hydrogen) atoms. The summed E-state index contributed by atoms with van der Waals surface area (Å²) in [6, 6.07) is 0. The summed E-state index contributed by atoms with van der Waals surface area (Å²) in [6.45, 7) is 8.82. The molecule has 1 aliphatic heterocycles. The number of piperidine rings is 1. The Morgan fingerprint density at radius 3 is 2.46 bits per heavy atom. The Morgan fingerprint density at radius 2 is 2.08 bits per heavy atom. The van der Waals surface area contributed by atoms with Crippen LogP contribution in [0.15, 0.2) is 12.2 Å². The van der Waals surface area contributed by atoms with E-state index in [-0.39, 0.29) is 5.92 Å². The molecule has 0 atom stereocenters. The van der Waals surface area contributed by atoms with Gasteiger partial charge in [-0.05, 0) is 38.4 Å². The molecule has 0 spiro atoms. The average Bonchev–Trinajstić information content (AvgIpc) is 2.17. The van der Waals surface area contributed by atoms with Gasteiger partial charge in [-0.3, -0.25) is 0 Å². The van der Waals surface area contributed by atoms with E-state index in [1.165, 1.54) is 0 Å². The Morgan fingerprint density at radius 1 is 1.54 bits per heavy atom. The molecule has 3 heteroatoms. The van der Waals surface area contributed by atoms with Gasteiger partial charge in [0.1, 0.15) is 0 Å². The lowest BCUT2D eigenvalue weighted by molar-refractivity contribution is -0.133. The fraction of sp³-hybridized carbons (Fsp3) is 0.700. The fourth-order valence-corrected chi connectivity index (χ4v) is 1.77. The minimum atomic E-state index is -0.838. The van der Waals surface area contributed by atoms with E-state index < -0.39 is 5.97 Å². The van der Waals surface area contributed by atoms with Gasteiger partial charge in [-0.2, -0.15) is 0 Å². The maximum Gasteiger partial charge on any atom is 0.331 e. The quantitative estimate of drug-likeness (QED) is 0.672. The largest absolute Gasteiger partial charge is 0.478 e. The normalized spacial score (nSPS) is 20.1. The maximum absolute atomic E-state index is 10.6. The first-order valence-corrected chi connectivity index (χ1v) is 4.79. The van der Waals surface area contributed by atoms with Crippen LogP contribution in [0.3, 0.4) is 0 Å². The van der Waals surface area contributed by atoms with Gasteiger partial charge in [-0.15, -0.1) is 0 Å². The summed E-state index contributed by atoms with van der Waals surface area (Å²) in [5.41, 5.74) is 0.385. The Bertz CT molecular complexity index is 205. The minimum absolute atomic E-state index is 0.195. The summed E-state index contributed by atoms with van der Waals surface area (Å²) in [4.78, 5) is 13.0. The molecule has 3 nitrogen and oxygen atoms in total. The van der Waals surface area contributed by atoms with Gasteiger partial charge in [0.05, 0.1) is 0 Å². The lowest BCUT2D eigenvalue weighted by Gasteiger charge is -2.30. The highest BCUT2D eigenvalue weighted by Crippen LogP contribution is 2.23. The molecular weight excluding hydrogens is 166 g/mol. The zero-order valence-corrected chi connectivity index (χ0v) is 8.12. The minimum Gasteiger partial charge on any atom is -0.478 e. The first-order valence-electron chi connectivity index (χ1n) is 4.79. The number of carboxylic acid groups (broad SMARTS) is 1. The van der Waals surface area contributed by atoms with E-state index in [0.29, 0.717) is 5.57 Å². The van der Waals surface area contributed by atoms with Gasteiger partial charge in [0, 0.05) is 5.57 Å². The summed E-state index contributed by atoms with van der Waals surface area (Å²) in [7, 11) is 0. The Hall–Kier alpha value is -0.830. The fourth-order valence-electron chi connectivity index (χ4n) is 1.77. The van der Waals surface area contributed by atoms with Gasteiger partial charge in [-0.1, -0.05) is 13.5 Å². The highest BCUT2D eigenvalue weighted by atomic mass is 16.4. The molecule has 0 aliphatic carbocycles. The summed E-state index contributed by atoms with van der Waals surface area (Å²) >= 11 is 0. The van der Waals surface area contributed by atoms with Gasteiger partial charge in [0.15, 0.2) is 0 Å². The van der Waals surface area contributed by atoms with Gasteiger partial charge in [-0.25, -0.2) is 4.79 Å². The van der Waals surface area contributed by atoms with E-state index in [1.54, 1.807) is 0 Å². The second-order valence-corrected chi connectivity index (χ2v) is 3.54. The monoisotopic (exact) mass is 183 g/mol. The third-order valence-corrected chi connectivity index (χ3v) is 2.80. The molecule has 1 saturated heterocycles. The van der Waals surface area contributed by atoms with E-state index in [1.807, 2.05) is 0 Å². The smallest absolute Gasteiger partial charge is 0.331 e. The van der Waals surface area contributed by atoms with Crippen LogP contribution in [0.2, 0.25) is 0 Å². The number of carbonyl (C=O) groups is 1. The highest BCUT2D eigenvalue weighted by molar-refractivity contribution is 5.86. The van der Waals surface area contributed by atoms with Crippen LogP contribution in [0.1, 0.15) is 19.8 Å². The van der Waals surface area contributed by atoms with Crippen LogP contribution in [0.4, 0.5) is 0 Å². The standard InChI is InChI=1S/C10H17NO2/c1-3-11-6-4-9(5-7-11)8(2)10(12)13/h9H,2-7H2,1H3,(H,12,13). The predicted octanol–water partition coefficient (Wildman–Crippen LogP) is 1.36. The van der Waals surface area contributed by atoms with E-state index in [0.717, 1.165) is 32.5 Å². The molecule has 0 aromatic heterocycles. The number of carboxylic acids is 1. The van der Waals surface area contributed by atoms with Crippen molar-refractivity contribution in [1.82, 2.24) is 4.90 Å². The molecule has 74 valence electrons. The Balaban J connectivity index is 2.41. The topological polar surface area (TPSA) is 40.5 Å². The molecule has 0 aromatic rings. The summed E-state index contributed by atoms with van der Waals surface area (Å²) in [5.74, 6) is -0.643. The Labute approximate surface area is 79.0 Å². The number of nitrogens with zero attached hydrogens (tertiary/aromatic N) is 1. The van der Waals surface area contributed by atoms with Crippen LogP contribution >= 0.6 is 0 Å². The van der Waals surface area contributed by atoms with Crippen molar-refractivity contribution in [3.8, 4) is 0 Å². The number of rotatable bonds is 3. The van der Waals surface area contributed by atoms with Crippen LogP contribution in [-0.4, -0.2) is 35.6 Å². The first-order chi connectivity index (χ1) is 6.15. The van der Waals surface area contributed by atoms with Crippen molar-refractivity contribution in [2.24, 2.45) is 5.92 Å². The number of hydrogen-bond donors (Lipinski definition) is 1. The van der Waals surface area contributed by atoms with Crippen LogP contribution in [-0.2, 0) is 4.79 Å². The molecule has 0 radical (unpaired) electrons.